The zero-order valence-electron chi connectivity index (χ0n) is 11.9. The number of para-hydroxylation sites is 2. The highest BCUT2D eigenvalue weighted by atomic mass is 16.3. The standard InChI is InChI=1S/C17H12N4O/c1-21-17-13(9-18-21)19-16(20-17)12-7-4-6-11-10-5-2-3-8-14(10)22-15(11)12/h2-9H,1H3,(H,19,20). The van der Waals surface area contributed by atoms with Crippen LogP contribution in [0.3, 0.4) is 0 Å². The summed E-state index contributed by atoms with van der Waals surface area (Å²) in [5.74, 6) is 0.799. The summed E-state index contributed by atoms with van der Waals surface area (Å²) in [5, 5.41) is 6.41. The number of imidazole rings is 1. The number of aryl methyl sites for hydroxylation is 1. The van der Waals surface area contributed by atoms with Crippen molar-refractivity contribution in [1.29, 1.82) is 0 Å². The van der Waals surface area contributed by atoms with Crippen molar-refractivity contribution in [2.75, 3.05) is 0 Å². The van der Waals surface area contributed by atoms with E-state index in [1.807, 2.05) is 37.4 Å². The van der Waals surface area contributed by atoms with E-state index < -0.39 is 0 Å². The van der Waals surface area contributed by atoms with Crippen LogP contribution in [0.4, 0.5) is 0 Å². The maximum atomic E-state index is 6.06. The first-order valence-electron chi connectivity index (χ1n) is 7.09. The van der Waals surface area contributed by atoms with Gasteiger partial charge < -0.3 is 9.40 Å². The third-order valence-corrected chi connectivity index (χ3v) is 4.04. The van der Waals surface area contributed by atoms with Gasteiger partial charge in [0, 0.05) is 17.8 Å². The van der Waals surface area contributed by atoms with Gasteiger partial charge in [0.2, 0.25) is 0 Å². The molecule has 5 rings (SSSR count). The van der Waals surface area contributed by atoms with Crippen molar-refractivity contribution in [3.63, 3.8) is 0 Å². The summed E-state index contributed by atoms with van der Waals surface area (Å²) in [5.41, 5.74) is 4.47. The number of hydrogen-bond acceptors (Lipinski definition) is 3. The lowest BCUT2D eigenvalue weighted by Gasteiger charge is -1.98. The Morgan fingerprint density at radius 1 is 1.05 bits per heavy atom. The molecule has 22 heavy (non-hydrogen) atoms. The molecule has 0 saturated heterocycles. The summed E-state index contributed by atoms with van der Waals surface area (Å²) in [6.45, 7) is 0. The number of nitrogens with one attached hydrogen (secondary N) is 1. The SMILES string of the molecule is Cn1ncc2[nH]c(-c3cccc4c3oc3ccccc34)nc21. The van der Waals surface area contributed by atoms with Gasteiger partial charge in [-0.05, 0) is 12.1 Å². The Bertz CT molecular complexity index is 1150. The van der Waals surface area contributed by atoms with Gasteiger partial charge in [-0.3, -0.25) is 0 Å². The molecule has 0 aliphatic rings. The van der Waals surface area contributed by atoms with Crippen LogP contribution in [0.1, 0.15) is 0 Å². The Morgan fingerprint density at radius 2 is 1.91 bits per heavy atom. The van der Waals surface area contributed by atoms with Crippen LogP contribution in [-0.2, 0) is 7.05 Å². The highest BCUT2D eigenvalue weighted by Crippen LogP contribution is 2.34. The smallest absolute Gasteiger partial charge is 0.176 e. The van der Waals surface area contributed by atoms with E-state index in [1.54, 1.807) is 10.9 Å². The van der Waals surface area contributed by atoms with Gasteiger partial charge in [-0.2, -0.15) is 5.10 Å². The Labute approximate surface area is 125 Å². The van der Waals surface area contributed by atoms with Gasteiger partial charge in [-0.25, -0.2) is 9.67 Å². The molecular weight excluding hydrogens is 276 g/mol. The van der Waals surface area contributed by atoms with E-state index in [9.17, 15) is 0 Å². The van der Waals surface area contributed by atoms with Crippen molar-refractivity contribution < 1.29 is 4.42 Å². The van der Waals surface area contributed by atoms with Crippen LogP contribution in [0.5, 0.6) is 0 Å². The molecule has 0 spiro atoms. The van der Waals surface area contributed by atoms with Crippen molar-refractivity contribution in [2.45, 2.75) is 0 Å². The number of rotatable bonds is 1. The van der Waals surface area contributed by atoms with Gasteiger partial charge >= 0.3 is 0 Å². The Morgan fingerprint density at radius 3 is 2.82 bits per heavy atom. The second-order valence-corrected chi connectivity index (χ2v) is 5.37. The second-order valence-electron chi connectivity index (χ2n) is 5.37. The lowest BCUT2D eigenvalue weighted by molar-refractivity contribution is 0.669. The van der Waals surface area contributed by atoms with E-state index in [0.717, 1.165) is 44.5 Å². The minimum atomic E-state index is 0.799. The molecule has 1 N–H and O–H groups in total. The fourth-order valence-corrected chi connectivity index (χ4v) is 2.97. The van der Waals surface area contributed by atoms with Crippen molar-refractivity contribution in [2.24, 2.45) is 7.05 Å². The molecule has 2 aromatic carbocycles. The summed E-state index contributed by atoms with van der Waals surface area (Å²) in [6.07, 6.45) is 1.78. The molecule has 0 saturated carbocycles. The third-order valence-electron chi connectivity index (χ3n) is 4.04. The van der Waals surface area contributed by atoms with Gasteiger partial charge in [-0.1, -0.05) is 30.3 Å². The minimum Gasteiger partial charge on any atom is -0.455 e. The number of fused-ring (bicyclic) bond motifs is 4. The zero-order valence-corrected chi connectivity index (χ0v) is 11.9. The van der Waals surface area contributed by atoms with Crippen molar-refractivity contribution in [1.82, 2.24) is 19.7 Å². The molecule has 0 aliphatic heterocycles. The average Bonchev–Trinajstić information content (AvgIpc) is 3.21. The lowest BCUT2D eigenvalue weighted by Crippen LogP contribution is -1.90. The molecule has 0 fully saturated rings. The predicted molar refractivity (Wildman–Crippen MR) is 85.6 cm³/mol. The molecule has 0 unspecified atom stereocenters. The van der Waals surface area contributed by atoms with Crippen LogP contribution in [0, 0.1) is 0 Å². The van der Waals surface area contributed by atoms with Crippen molar-refractivity contribution in [3.8, 4) is 11.4 Å². The van der Waals surface area contributed by atoms with E-state index in [4.69, 9.17) is 4.42 Å². The molecule has 0 bridgehead atoms. The molecule has 0 atom stereocenters. The monoisotopic (exact) mass is 288 g/mol. The number of H-pyrrole nitrogens is 1. The fraction of sp³-hybridized carbons (Fsp3) is 0.0588. The zero-order chi connectivity index (χ0) is 14.7. The Hall–Kier alpha value is -3.08. The maximum Gasteiger partial charge on any atom is 0.176 e. The highest BCUT2D eigenvalue weighted by Gasteiger charge is 2.15. The van der Waals surface area contributed by atoms with Gasteiger partial charge in [0.25, 0.3) is 0 Å². The van der Waals surface area contributed by atoms with Crippen LogP contribution in [0.25, 0.3) is 44.5 Å². The average molecular weight is 288 g/mol. The van der Waals surface area contributed by atoms with E-state index >= 15 is 0 Å². The normalized spacial score (nSPS) is 11.9. The van der Waals surface area contributed by atoms with E-state index in [-0.39, 0.29) is 0 Å². The second kappa shape index (κ2) is 3.98. The number of benzene rings is 2. The molecule has 0 aliphatic carbocycles. The molecule has 3 aromatic heterocycles. The third kappa shape index (κ3) is 1.42. The quantitative estimate of drug-likeness (QED) is 0.509. The molecule has 0 amide bonds. The lowest BCUT2D eigenvalue weighted by atomic mass is 10.1. The molecule has 3 heterocycles. The molecule has 0 radical (unpaired) electrons. The first-order chi connectivity index (χ1) is 10.8. The van der Waals surface area contributed by atoms with Crippen LogP contribution >= 0.6 is 0 Å². The molecular formula is C17H12N4O. The number of aromatic nitrogens is 4. The van der Waals surface area contributed by atoms with Crippen molar-refractivity contribution in [3.05, 3.63) is 48.7 Å². The van der Waals surface area contributed by atoms with Gasteiger partial charge in [0.1, 0.15) is 22.5 Å². The van der Waals surface area contributed by atoms with Gasteiger partial charge in [0.15, 0.2) is 5.65 Å². The fourth-order valence-electron chi connectivity index (χ4n) is 2.97. The number of nitrogens with zero attached hydrogens (tertiary/aromatic N) is 3. The largest absolute Gasteiger partial charge is 0.455 e. The van der Waals surface area contributed by atoms with E-state index in [0.29, 0.717) is 0 Å². The van der Waals surface area contributed by atoms with E-state index in [1.165, 1.54) is 0 Å². The summed E-state index contributed by atoms with van der Waals surface area (Å²) in [7, 11) is 1.88. The van der Waals surface area contributed by atoms with Crippen LogP contribution in [0.2, 0.25) is 0 Å². The predicted octanol–water partition coefficient (Wildman–Crippen LogP) is 3.86. The molecule has 106 valence electrons. The highest BCUT2D eigenvalue weighted by molar-refractivity contribution is 6.09. The van der Waals surface area contributed by atoms with Gasteiger partial charge in [-0.15, -0.1) is 0 Å². The molecule has 5 nitrogen and oxygen atoms in total. The summed E-state index contributed by atoms with van der Waals surface area (Å²) in [4.78, 5) is 7.96. The Balaban J connectivity index is 1.86. The van der Waals surface area contributed by atoms with E-state index in [2.05, 4.69) is 27.2 Å². The van der Waals surface area contributed by atoms with Crippen LogP contribution < -0.4 is 0 Å². The van der Waals surface area contributed by atoms with Crippen molar-refractivity contribution >= 4 is 33.1 Å². The first kappa shape index (κ1) is 11.6. The number of hydrogen-bond donors (Lipinski definition) is 1. The Kier molecular flexibility index (Phi) is 2.09. The molecule has 5 aromatic rings. The maximum absolute atomic E-state index is 6.06. The topological polar surface area (TPSA) is 59.6 Å². The first-order valence-corrected chi connectivity index (χ1v) is 7.09. The number of furan rings is 1. The summed E-state index contributed by atoms with van der Waals surface area (Å²) >= 11 is 0. The minimum absolute atomic E-state index is 0.799. The summed E-state index contributed by atoms with van der Waals surface area (Å²) < 4.78 is 7.82. The molecule has 5 heteroatoms. The number of aromatic amines is 1. The van der Waals surface area contributed by atoms with Crippen LogP contribution in [-0.4, -0.2) is 19.7 Å². The summed E-state index contributed by atoms with van der Waals surface area (Å²) in [6, 6.07) is 14.2. The van der Waals surface area contributed by atoms with Crippen LogP contribution in [0.15, 0.2) is 53.1 Å². The van der Waals surface area contributed by atoms with Gasteiger partial charge in [0.05, 0.1) is 11.8 Å².